The number of fused-ring (bicyclic) bond motifs is 1. The van der Waals surface area contributed by atoms with E-state index in [1.54, 1.807) is 6.07 Å². The first kappa shape index (κ1) is 13.0. The van der Waals surface area contributed by atoms with Crippen LogP contribution >= 0.6 is 0 Å². The Morgan fingerprint density at radius 3 is 2.57 bits per heavy atom. The number of furan rings is 1. The molecule has 0 atom stereocenters. The Morgan fingerprint density at radius 2 is 1.95 bits per heavy atom. The number of hydrogen-bond donors (Lipinski definition) is 1. The molecule has 1 amide bonds. The van der Waals surface area contributed by atoms with E-state index in [0.717, 1.165) is 0 Å². The van der Waals surface area contributed by atoms with Gasteiger partial charge in [0.1, 0.15) is 18.9 Å². The Labute approximate surface area is 118 Å². The minimum absolute atomic E-state index is 0.0191. The molecule has 0 fully saturated rings. The summed E-state index contributed by atoms with van der Waals surface area (Å²) in [5.41, 5.74) is -0.259. The molecule has 0 saturated carbocycles. The summed E-state index contributed by atoms with van der Waals surface area (Å²) >= 11 is 0. The topological polar surface area (TPSA) is 104 Å². The lowest BCUT2D eigenvalue weighted by Crippen LogP contribution is -2.17. The fourth-order valence-corrected chi connectivity index (χ4v) is 1.92. The third kappa shape index (κ3) is 2.50. The Kier molecular flexibility index (Phi) is 3.19. The van der Waals surface area contributed by atoms with Crippen LogP contribution in [0.25, 0.3) is 0 Å². The van der Waals surface area contributed by atoms with E-state index < -0.39 is 10.8 Å². The number of nitrogens with zero attached hydrogens (tertiary/aromatic N) is 1. The van der Waals surface area contributed by atoms with E-state index >= 15 is 0 Å². The molecule has 1 aliphatic heterocycles. The lowest BCUT2D eigenvalue weighted by Gasteiger charge is -2.19. The Hall–Kier alpha value is -3.03. The average Bonchev–Trinajstić information content (AvgIpc) is 3.00. The second-order valence-corrected chi connectivity index (χ2v) is 4.20. The van der Waals surface area contributed by atoms with E-state index in [1.807, 2.05) is 0 Å². The molecule has 0 radical (unpaired) electrons. The van der Waals surface area contributed by atoms with Gasteiger partial charge in [-0.2, -0.15) is 0 Å². The molecule has 1 aromatic heterocycles. The van der Waals surface area contributed by atoms with E-state index in [1.165, 1.54) is 24.5 Å². The number of nitrogens with one attached hydrogen (secondary N) is 1. The summed E-state index contributed by atoms with van der Waals surface area (Å²) in [5.74, 6) is 0.101. The molecule has 21 heavy (non-hydrogen) atoms. The van der Waals surface area contributed by atoms with Gasteiger partial charge in [0.25, 0.3) is 11.6 Å². The highest BCUT2D eigenvalue weighted by molar-refractivity contribution is 6.03. The summed E-state index contributed by atoms with van der Waals surface area (Å²) in [6.45, 7) is 0.665. The maximum atomic E-state index is 11.9. The standard InChI is InChI=1S/C13H10N2O6/c16-13(10-2-1-3-19-10)14-8-6-11-12(21-5-4-20-11)7-9(8)15(17)18/h1-3,6-7H,4-5H2,(H,14,16). The zero-order valence-corrected chi connectivity index (χ0v) is 10.7. The average molecular weight is 290 g/mol. The maximum absolute atomic E-state index is 11.9. The van der Waals surface area contributed by atoms with Gasteiger partial charge < -0.3 is 19.2 Å². The number of nitro groups is 1. The molecule has 1 aromatic carbocycles. The predicted octanol–water partition coefficient (Wildman–Crippen LogP) is 2.21. The molecule has 108 valence electrons. The van der Waals surface area contributed by atoms with Crippen molar-refractivity contribution >= 4 is 17.3 Å². The van der Waals surface area contributed by atoms with Gasteiger partial charge in [-0.3, -0.25) is 14.9 Å². The van der Waals surface area contributed by atoms with Crippen LogP contribution in [0.5, 0.6) is 11.5 Å². The van der Waals surface area contributed by atoms with Crippen molar-refractivity contribution in [1.29, 1.82) is 0 Å². The fourth-order valence-electron chi connectivity index (χ4n) is 1.92. The summed E-state index contributed by atoms with van der Waals surface area (Å²) in [6, 6.07) is 5.60. The number of anilines is 1. The molecular weight excluding hydrogens is 280 g/mol. The highest BCUT2D eigenvalue weighted by Gasteiger charge is 2.24. The predicted molar refractivity (Wildman–Crippen MR) is 70.7 cm³/mol. The van der Waals surface area contributed by atoms with Crippen LogP contribution in [-0.2, 0) is 0 Å². The summed E-state index contributed by atoms with van der Waals surface area (Å²) < 4.78 is 15.6. The monoisotopic (exact) mass is 290 g/mol. The van der Waals surface area contributed by atoms with Crippen molar-refractivity contribution in [3.8, 4) is 11.5 Å². The Morgan fingerprint density at radius 1 is 1.24 bits per heavy atom. The molecule has 8 heteroatoms. The molecular formula is C13H10N2O6. The summed E-state index contributed by atoms with van der Waals surface area (Å²) in [4.78, 5) is 22.4. The van der Waals surface area contributed by atoms with Crippen LogP contribution < -0.4 is 14.8 Å². The van der Waals surface area contributed by atoms with Gasteiger partial charge >= 0.3 is 0 Å². The Balaban J connectivity index is 1.96. The van der Waals surface area contributed by atoms with Crippen molar-refractivity contribution in [2.75, 3.05) is 18.5 Å². The molecule has 0 aliphatic carbocycles. The molecule has 0 unspecified atom stereocenters. The highest BCUT2D eigenvalue weighted by atomic mass is 16.6. The number of hydrogen-bond acceptors (Lipinski definition) is 6. The molecule has 0 spiro atoms. The molecule has 1 N–H and O–H groups in total. The van der Waals surface area contributed by atoms with Crippen LogP contribution in [-0.4, -0.2) is 24.0 Å². The van der Waals surface area contributed by atoms with E-state index in [9.17, 15) is 14.9 Å². The van der Waals surface area contributed by atoms with E-state index in [-0.39, 0.29) is 22.9 Å². The van der Waals surface area contributed by atoms with Crippen molar-refractivity contribution in [2.24, 2.45) is 0 Å². The largest absolute Gasteiger partial charge is 0.486 e. The number of carbonyl (C=O) groups is 1. The summed E-state index contributed by atoms with van der Waals surface area (Å²) in [7, 11) is 0. The lowest BCUT2D eigenvalue weighted by atomic mass is 10.2. The quantitative estimate of drug-likeness (QED) is 0.686. The first-order chi connectivity index (χ1) is 10.1. The zero-order valence-electron chi connectivity index (χ0n) is 10.7. The van der Waals surface area contributed by atoms with E-state index in [4.69, 9.17) is 13.9 Å². The number of rotatable bonds is 3. The second kappa shape index (κ2) is 5.16. The van der Waals surface area contributed by atoms with Crippen molar-refractivity contribution < 1.29 is 23.6 Å². The highest BCUT2D eigenvalue weighted by Crippen LogP contribution is 2.39. The van der Waals surface area contributed by atoms with Gasteiger partial charge in [-0.15, -0.1) is 0 Å². The van der Waals surface area contributed by atoms with Crippen molar-refractivity contribution in [1.82, 2.24) is 0 Å². The van der Waals surface area contributed by atoms with Crippen LogP contribution in [0.2, 0.25) is 0 Å². The molecule has 2 aromatic rings. The Bertz CT molecular complexity index is 695. The van der Waals surface area contributed by atoms with Crippen LogP contribution in [0, 0.1) is 10.1 Å². The van der Waals surface area contributed by atoms with Gasteiger partial charge in [0.05, 0.1) is 17.3 Å². The molecule has 2 heterocycles. The van der Waals surface area contributed by atoms with E-state index in [0.29, 0.717) is 19.0 Å². The van der Waals surface area contributed by atoms with E-state index in [2.05, 4.69) is 5.32 Å². The molecule has 8 nitrogen and oxygen atoms in total. The first-order valence-electron chi connectivity index (χ1n) is 6.08. The van der Waals surface area contributed by atoms with Gasteiger partial charge in [-0.25, -0.2) is 0 Å². The lowest BCUT2D eigenvalue weighted by molar-refractivity contribution is -0.384. The first-order valence-corrected chi connectivity index (χ1v) is 6.08. The van der Waals surface area contributed by atoms with Gasteiger partial charge in [0.15, 0.2) is 17.3 Å². The smallest absolute Gasteiger partial charge is 0.296 e. The zero-order chi connectivity index (χ0) is 14.8. The third-order valence-corrected chi connectivity index (χ3v) is 2.85. The molecule has 0 saturated heterocycles. The second-order valence-electron chi connectivity index (χ2n) is 4.20. The SMILES string of the molecule is O=C(Nc1cc2c(cc1[N+](=O)[O-])OCCO2)c1ccco1. The van der Waals surface area contributed by atoms with Crippen molar-refractivity contribution in [2.45, 2.75) is 0 Å². The number of nitro benzene ring substituents is 1. The number of ether oxygens (including phenoxy) is 2. The summed E-state index contributed by atoms with van der Waals surface area (Å²) in [5, 5.41) is 13.5. The van der Waals surface area contributed by atoms with Crippen LogP contribution in [0.3, 0.4) is 0 Å². The van der Waals surface area contributed by atoms with Gasteiger partial charge in [-0.05, 0) is 12.1 Å². The van der Waals surface area contributed by atoms with Gasteiger partial charge in [0, 0.05) is 6.07 Å². The maximum Gasteiger partial charge on any atom is 0.296 e. The minimum Gasteiger partial charge on any atom is -0.486 e. The third-order valence-electron chi connectivity index (χ3n) is 2.85. The minimum atomic E-state index is -0.601. The number of benzene rings is 1. The molecule has 3 rings (SSSR count). The molecule has 1 aliphatic rings. The van der Waals surface area contributed by atoms with Gasteiger partial charge in [-0.1, -0.05) is 0 Å². The van der Waals surface area contributed by atoms with Gasteiger partial charge in [0.2, 0.25) is 0 Å². The fraction of sp³-hybridized carbons (Fsp3) is 0.154. The van der Waals surface area contributed by atoms with Crippen LogP contribution in [0.15, 0.2) is 34.9 Å². The van der Waals surface area contributed by atoms with Crippen molar-refractivity contribution in [3.63, 3.8) is 0 Å². The molecule has 0 bridgehead atoms. The number of amides is 1. The normalized spacial score (nSPS) is 12.8. The van der Waals surface area contributed by atoms with Crippen LogP contribution in [0.1, 0.15) is 10.6 Å². The summed E-state index contributed by atoms with van der Waals surface area (Å²) in [6.07, 6.45) is 1.34. The van der Waals surface area contributed by atoms with Crippen molar-refractivity contribution in [3.05, 3.63) is 46.4 Å². The number of carbonyl (C=O) groups excluding carboxylic acids is 1. The van der Waals surface area contributed by atoms with Crippen LogP contribution in [0.4, 0.5) is 11.4 Å².